The second-order valence-corrected chi connectivity index (χ2v) is 8.07. The van der Waals surface area contributed by atoms with Gasteiger partial charge in [-0.05, 0) is 91.3 Å². The molecule has 0 aliphatic rings. The molecule has 0 saturated carbocycles. The summed E-state index contributed by atoms with van der Waals surface area (Å²) in [7, 11) is 0. The lowest BCUT2D eigenvalue weighted by Gasteiger charge is -2.13. The highest BCUT2D eigenvalue weighted by Crippen LogP contribution is 2.28. The fraction of sp³-hybridized carbons (Fsp3) is 0.100. The zero-order chi connectivity index (χ0) is 26.2. The molecule has 0 aliphatic heterocycles. The van der Waals surface area contributed by atoms with Gasteiger partial charge in [0, 0.05) is 58.0 Å². The van der Waals surface area contributed by atoms with Crippen molar-refractivity contribution in [3.63, 3.8) is 0 Å². The predicted octanol–water partition coefficient (Wildman–Crippen LogP) is 7.84. The van der Waals surface area contributed by atoms with E-state index in [1.807, 2.05) is 69.3 Å². The molecule has 7 heteroatoms. The summed E-state index contributed by atoms with van der Waals surface area (Å²) in [6.07, 6.45) is 5.12. The van der Waals surface area contributed by atoms with Gasteiger partial charge in [0.15, 0.2) is 0 Å². The van der Waals surface area contributed by atoms with Crippen LogP contribution in [0.25, 0.3) is 10.9 Å². The molecule has 0 aliphatic carbocycles. The lowest BCUT2D eigenvalue weighted by Crippen LogP contribution is -2.12. The highest BCUT2D eigenvalue weighted by atomic mass is 19.1. The average Bonchev–Trinajstić information content (AvgIpc) is 2.93. The van der Waals surface area contributed by atoms with Crippen molar-refractivity contribution in [2.45, 2.75) is 20.8 Å². The van der Waals surface area contributed by atoms with Gasteiger partial charge in [-0.1, -0.05) is 13.8 Å². The summed E-state index contributed by atoms with van der Waals surface area (Å²) in [5.41, 5.74) is 6.23. The first-order valence-electron chi connectivity index (χ1n) is 12.1. The Morgan fingerprint density at radius 2 is 1.43 bits per heavy atom. The number of nitrogens with one attached hydrogen (secondary N) is 3. The molecule has 3 aromatic carbocycles. The number of nitrogens with zero attached hydrogens (tertiary/aromatic N) is 2. The first-order valence-corrected chi connectivity index (χ1v) is 12.1. The minimum absolute atomic E-state index is 0.203. The minimum Gasteiger partial charge on any atom is -0.355 e. The van der Waals surface area contributed by atoms with Crippen LogP contribution >= 0.6 is 0 Å². The number of carbonyl (C=O) groups excluding carboxylic acids is 1. The number of pyridine rings is 2. The van der Waals surface area contributed by atoms with E-state index in [0.29, 0.717) is 22.2 Å². The van der Waals surface area contributed by atoms with E-state index >= 15 is 0 Å². The Kier molecular flexibility index (Phi) is 8.05. The van der Waals surface area contributed by atoms with Gasteiger partial charge in [-0.3, -0.25) is 14.8 Å². The first kappa shape index (κ1) is 25.3. The lowest BCUT2D eigenvalue weighted by atomic mass is 10.1. The molecule has 186 valence electrons. The zero-order valence-corrected chi connectivity index (χ0v) is 20.9. The van der Waals surface area contributed by atoms with Crippen molar-refractivity contribution in [2.75, 3.05) is 16.0 Å². The number of rotatable bonds is 6. The van der Waals surface area contributed by atoms with Gasteiger partial charge in [-0.2, -0.15) is 0 Å². The number of hydrogen-bond donors (Lipinski definition) is 3. The van der Waals surface area contributed by atoms with Crippen LogP contribution in [0, 0.1) is 12.7 Å². The number of amides is 1. The zero-order valence-electron chi connectivity index (χ0n) is 20.9. The van der Waals surface area contributed by atoms with Crippen LogP contribution in [0.1, 0.15) is 29.8 Å². The van der Waals surface area contributed by atoms with Crippen LogP contribution in [-0.2, 0) is 0 Å². The maximum absolute atomic E-state index is 13.8. The van der Waals surface area contributed by atoms with Crippen LogP contribution in [0.15, 0.2) is 97.5 Å². The van der Waals surface area contributed by atoms with Gasteiger partial charge in [0.2, 0.25) is 0 Å². The fourth-order valence-electron chi connectivity index (χ4n) is 3.76. The van der Waals surface area contributed by atoms with Crippen LogP contribution in [0.4, 0.5) is 32.8 Å². The van der Waals surface area contributed by atoms with Crippen LogP contribution < -0.4 is 16.0 Å². The molecule has 0 fully saturated rings. The van der Waals surface area contributed by atoms with Crippen LogP contribution in [-0.4, -0.2) is 15.9 Å². The van der Waals surface area contributed by atoms with E-state index in [-0.39, 0.29) is 11.7 Å². The summed E-state index contributed by atoms with van der Waals surface area (Å²) in [6.45, 7) is 5.92. The topological polar surface area (TPSA) is 78.9 Å². The van der Waals surface area contributed by atoms with Crippen molar-refractivity contribution in [2.24, 2.45) is 0 Å². The highest BCUT2D eigenvalue weighted by Gasteiger charge is 2.10. The molecular weight excluding hydrogens is 465 g/mol. The number of aryl methyl sites for hydroxylation is 1. The molecular formula is C30H28FN5O. The molecule has 0 bridgehead atoms. The Balaban J connectivity index is 0.00000156. The van der Waals surface area contributed by atoms with Gasteiger partial charge in [0.1, 0.15) is 5.82 Å². The van der Waals surface area contributed by atoms with Crippen molar-refractivity contribution in [1.82, 2.24) is 9.97 Å². The fourth-order valence-corrected chi connectivity index (χ4v) is 3.76. The van der Waals surface area contributed by atoms with Crippen LogP contribution in [0.2, 0.25) is 0 Å². The molecule has 0 saturated heterocycles. The summed E-state index contributed by atoms with van der Waals surface area (Å²) < 4.78 is 13.8. The van der Waals surface area contributed by atoms with E-state index in [2.05, 4.69) is 25.9 Å². The average molecular weight is 494 g/mol. The van der Waals surface area contributed by atoms with Crippen molar-refractivity contribution >= 4 is 45.2 Å². The lowest BCUT2D eigenvalue weighted by molar-refractivity contribution is 0.102. The number of benzene rings is 3. The largest absolute Gasteiger partial charge is 0.355 e. The van der Waals surface area contributed by atoms with E-state index in [1.165, 1.54) is 12.1 Å². The Labute approximate surface area is 215 Å². The van der Waals surface area contributed by atoms with Crippen molar-refractivity contribution in [3.8, 4) is 0 Å². The monoisotopic (exact) mass is 493 g/mol. The number of fused-ring (bicyclic) bond motifs is 1. The molecule has 5 aromatic rings. The number of carbonyl (C=O) groups is 1. The van der Waals surface area contributed by atoms with E-state index in [9.17, 15) is 9.18 Å². The Morgan fingerprint density at radius 3 is 2.16 bits per heavy atom. The van der Waals surface area contributed by atoms with E-state index in [1.54, 1.807) is 36.8 Å². The SMILES string of the molecule is CC.Cc1cc(C(=O)Nc2ccc(Nc3ccncc3)cc2)ccc1Nc1ccnc2ccc(F)cc12. The van der Waals surface area contributed by atoms with Gasteiger partial charge in [-0.25, -0.2) is 4.39 Å². The van der Waals surface area contributed by atoms with Gasteiger partial charge in [-0.15, -0.1) is 0 Å². The second-order valence-electron chi connectivity index (χ2n) is 8.07. The highest BCUT2D eigenvalue weighted by molar-refractivity contribution is 6.05. The molecule has 0 spiro atoms. The van der Waals surface area contributed by atoms with Gasteiger partial charge < -0.3 is 16.0 Å². The maximum atomic E-state index is 13.8. The van der Waals surface area contributed by atoms with Crippen molar-refractivity contribution in [1.29, 1.82) is 0 Å². The van der Waals surface area contributed by atoms with Gasteiger partial charge in [0.05, 0.1) is 5.52 Å². The third-order valence-electron chi connectivity index (χ3n) is 5.57. The van der Waals surface area contributed by atoms with Gasteiger partial charge >= 0.3 is 0 Å². The van der Waals surface area contributed by atoms with Gasteiger partial charge in [0.25, 0.3) is 5.91 Å². The summed E-state index contributed by atoms with van der Waals surface area (Å²) in [6, 6.07) is 23.0. The van der Waals surface area contributed by atoms with Crippen molar-refractivity contribution in [3.05, 3.63) is 114 Å². The molecule has 0 radical (unpaired) electrons. The molecule has 1 amide bonds. The Hall–Kier alpha value is -4.78. The van der Waals surface area contributed by atoms with Crippen LogP contribution in [0.5, 0.6) is 0 Å². The minimum atomic E-state index is -0.321. The number of hydrogen-bond acceptors (Lipinski definition) is 5. The molecule has 37 heavy (non-hydrogen) atoms. The summed E-state index contributed by atoms with van der Waals surface area (Å²) in [5.74, 6) is -0.524. The summed E-state index contributed by atoms with van der Waals surface area (Å²) in [4.78, 5) is 21.1. The third-order valence-corrected chi connectivity index (χ3v) is 5.57. The quantitative estimate of drug-likeness (QED) is 0.225. The first-order chi connectivity index (χ1) is 18.0. The predicted molar refractivity (Wildman–Crippen MR) is 149 cm³/mol. The Bertz CT molecular complexity index is 1500. The molecule has 5 rings (SSSR count). The molecule has 2 aromatic heterocycles. The third kappa shape index (κ3) is 6.27. The van der Waals surface area contributed by atoms with E-state index < -0.39 is 0 Å². The normalized spacial score (nSPS) is 10.3. The smallest absolute Gasteiger partial charge is 0.255 e. The number of aromatic nitrogens is 2. The Morgan fingerprint density at radius 1 is 0.730 bits per heavy atom. The molecule has 3 N–H and O–H groups in total. The molecule has 2 heterocycles. The van der Waals surface area contributed by atoms with E-state index in [4.69, 9.17) is 0 Å². The standard InChI is InChI=1S/C28H22FN5O.C2H6/c1-18-16-19(2-8-25(18)34-27-12-15-31-26-9-3-20(29)17-24(26)27)28(35)33-22-6-4-21(5-7-22)32-23-10-13-30-14-11-23;1-2/h2-17H,1H3,(H,30,32)(H,31,34)(H,33,35);1-2H3. The number of anilines is 5. The molecule has 0 unspecified atom stereocenters. The van der Waals surface area contributed by atoms with E-state index in [0.717, 1.165) is 28.3 Å². The van der Waals surface area contributed by atoms with Crippen LogP contribution in [0.3, 0.4) is 0 Å². The maximum Gasteiger partial charge on any atom is 0.255 e. The second kappa shape index (κ2) is 11.8. The molecule has 0 atom stereocenters. The molecule has 6 nitrogen and oxygen atoms in total. The summed E-state index contributed by atoms with van der Waals surface area (Å²) in [5, 5.41) is 10.2. The summed E-state index contributed by atoms with van der Waals surface area (Å²) >= 11 is 0. The van der Waals surface area contributed by atoms with Crippen molar-refractivity contribution < 1.29 is 9.18 Å². The number of halogens is 1.